The molecule has 0 bridgehead atoms. The summed E-state index contributed by atoms with van der Waals surface area (Å²) in [6.07, 6.45) is -3.34. The van der Waals surface area contributed by atoms with Crippen LogP contribution in [0.5, 0.6) is 0 Å². The number of carbonyl (C=O) groups excluding carboxylic acids is 1. The van der Waals surface area contributed by atoms with Crippen molar-refractivity contribution in [2.24, 2.45) is 0 Å². The number of halogens is 8. The third kappa shape index (κ3) is 7.73. The number of carbonyl (C=O) groups is 1. The number of rotatable bonds is 11. The van der Waals surface area contributed by atoms with Crippen LogP contribution >= 0.6 is 22.6 Å². The van der Waals surface area contributed by atoms with Crippen molar-refractivity contribution in [1.82, 2.24) is 5.32 Å². The van der Waals surface area contributed by atoms with Gasteiger partial charge >= 0.3 is 18.0 Å². The maximum atomic E-state index is 13.2. The predicted octanol–water partition coefficient (Wildman–Crippen LogP) is 5.49. The van der Waals surface area contributed by atoms with Gasteiger partial charge in [0.05, 0.1) is 0 Å². The topological polar surface area (TPSA) is 29.1 Å². The number of alkyl halides is 8. The van der Waals surface area contributed by atoms with Gasteiger partial charge in [0.15, 0.2) is 0 Å². The largest absolute Gasteiger partial charge is 0.459 e. The molecular weight excluding hydrogens is 458 g/mol. The van der Waals surface area contributed by atoms with E-state index in [4.69, 9.17) is 0 Å². The fraction of sp³-hybridized carbons (Fsp3) is 0.929. The van der Waals surface area contributed by atoms with Crippen LogP contribution in [0, 0.1) is 0 Å². The second-order valence-electron chi connectivity index (χ2n) is 5.55. The van der Waals surface area contributed by atoms with Crippen LogP contribution in [0.15, 0.2) is 0 Å². The maximum Gasteiger partial charge on any atom is 0.459 e. The Kier molecular flexibility index (Phi) is 9.88. The van der Waals surface area contributed by atoms with E-state index in [-0.39, 0.29) is 6.42 Å². The fourth-order valence-corrected chi connectivity index (χ4v) is 2.66. The Balaban J connectivity index is 4.25. The highest BCUT2D eigenvalue weighted by Crippen LogP contribution is 2.48. The standard InChI is InChI=1S/C14H21F7INO/c1-2-3-4-5-6-7-11(24)23-9-10(22)8-12(15,16)13(17,18)14(19,20)21/h10H,2-9H2,1H3,(H,23,24). The number of hydrogen-bond acceptors (Lipinski definition) is 1. The van der Waals surface area contributed by atoms with Crippen LogP contribution in [0.25, 0.3) is 0 Å². The first-order chi connectivity index (χ1) is 10.8. The average molecular weight is 479 g/mol. The molecule has 0 aromatic rings. The second kappa shape index (κ2) is 10.0. The van der Waals surface area contributed by atoms with Crippen LogP contribution in [0.1, 0.15) is 51.9 Å². The number of amides is 1. The van der Waals surface area contributed by atoms with Crippen LogP contribution in [0.3, 0.4) is 0 Å². The van der Waals surface area contributed by atoms with Crippen molar-refractivity contribution < 1.29 is 35.5 Å². The van der Waals surface area contributed by atoms with Gasteiger partial charge in [-0.05, 0) is 6.42 Å². The molecule has 2 nitrogen and oxygen atoms in total. The van der Waals surface area contributed by atoms with Gasteiger partial charge < -0.3 is 5.32 Å². The summed E-state index contributed by atoms with van der Waals surface area (Å²) in [5.41, 5.74) is 0. The van der Waals surface area contributed by atoms with E-state index in [2.05, 4.69) is 5.32 Å². The zero-order valence-corrected chi connectivity index (χ0v) is 15.3. The van der Waals surface area contributed by atoms with Crippen LogP contribution in [0.4, 0.5) is 30.7 Å². The van der Waals surface area contributed by atoms with Gasteiger partial charge in [-0.1, -0.05) is 55.2 Å². The van der Waals surface area contributed by atoms with Crippen molar-refractivity contribution in [3.8, 4) is 0 Å². The van der Waals surface area contributed by atoms with Crippen LogP contribution in [0.2, 0.25) is 0 Å². The molecule has 0 saturated heterocycles. The van der Waals surface area contributed by atoms with E-state index < -0.39 is 40.8 Å². The van der Waals surface area contributed by atoms with Gasteiger partial charge in [-0.25, -0.2) is 0 Å². The maximum absolute atomic E-state index is 13.2. The molecule has 0 saturated carbocycles. The Bertz CT molecular complexity index is 388. The lowest BCUT2D eigenvalue weighted by Crippen LogP contribution is -2.53. The lowest BCUT2D eigenvalue weighted by molar-refractivity contribution is -0.355. The van der Waals surface area contributed by atoms with Gasteiger partial charge in [0.2, 0.25) is 5.91 Å². The van der Waals surface area contributed by atoms with E-state index in [9.17, 15) is 35.5 Å². The van der Waals surface area contributed by atoms with Crippen LogP contribution in [-0.2, 0) is 4.79 Å². The Hall–Kier alpha value is -0.290. The number of unbranched alkanes of at least 4 members (excludes halogenated alkanes) is 4. The molecule has 0 aromatic carbocycles. The summed E-state index contributed by atoms with van der Waals surface area (Å²) >= 11 is 1.33. The first-order valence-electron chi connectivity index (χ1n) is 7.58. The number of hydrogen-bond donors (Lipinski definition) is 1. The van der Waals surface area contributed by atoms with Gasteiger partial charge in [0.1, 0.15) is 0 Å². The van der Waals surface area contributed by atoms with Gasteiger partial charge in [0.25, 0.3) is 0 Å². The molecule has 0 spiro atoms. The highest BCUT2D eigenvalue weighted by Gasteiger charge is 2.72. The molecule has 0 heterocycles. The van der Waals surface area contributed by atoms with Crippen molar-refractivity contribution in [3.05, 3.63) is 0 Å². The lowest BCUT2D eigenvalue weighted by atomic mass is 10.1. The average Bonchev–Trinajstić information content (AvgIpc) is 2.43. The van der Waals surface area contributed by atoms with Gasteiger partial charge in [-0.3, -0.25) is 4.79 Å². The molecule has 1 amide bonds. The lowest BCUT2D eigenvalue weighted by Gasteiger charge is -2.29. The summed E-state index contributed by atoms with van der Waals surface area (Å²) in [5.74, 6) is -11.8. The Morgan fingerprint density at radius 3 is 2.04 bits per heavy atom. The minimum Gasteiger partial charge on any atom is -0.355 e. The molecule has 1 unspecified atom stereocenters. The van der Waals surface area contributed by atoms with Crippen LogP contribution < -0.4 is 5.32 Å². The molecule has 1 atom stereocenters. The van der Waals surface area contributed by atoms with E-state index >= 15 is 0 Å². The smallest absolute Gasteiger partial charge is 0.355 e. The summed E-state index contributed by atoms with van der Waals surface area (Å²) < 4.78 is 86.8. The normalized spacial score (nSPS) is 14.5. The van der Waals surface area contributed by atoms with Crippen LogP contribution in [-0.4, -0.2) is 34.4 Å². The molecule has 0 aliphatic carbocycles. The third-order valence-corrected chi connectivity index (χ3v) is 4.20. The van der Waals surface area contributed by atoms with E-state index in [0.717, 1.165) is 25.7 Å². The van der Waals surface area contributed by atoms with Crippen molar-refractivity contribution >= 4 is 28.5 Å². The molecule has 10 heteroatoms. The van der Waals surface area contributed by atoms with E-state index in [1.54, 1.807) is 0 Å². The summed E-state index contributed by atoms with van der Waals surface area (Å²) in [6, 6.07) is 0. The molecule has 144 valence electrons. The Morgan fingerprint density at radius 2 is 1.54 bits per heavy atom. The van der Waals surface area contributed by atoms with Gasteiger partial charge in [-0.15, -0.1) is 0 Å². The molecule has 0 radical (unpaired) electrons. The molecule has 0 aliphatic heterocycles. The summed E-state index contributed by atoms with van der Waals surface area (Å²) in [4.78, 5) is 11.5. The minimum absolute atomic E-state index is 0.169. The SMILES string of the molecule is CCCCCCCC(=O)NCC(I)CC(F)(F)C(F)(F)C(F)(F)F. The predicted molar refractivity (Wildman–Crippen MR) is 84.8 cm³/mol. The molecule has 1 N–H and O–H groups in total. The van der Waals surface area contributed by atoms with E-state index in [1.807, 2.05) is 6.92 Å². The third-order valence-electron chi connectivity index (χ3n) is 3.32. The highest BCUT2D eigenvalue weighted by molar-refractivity contribution is 14.1. The molecule has 0 rings (SSSR count). The van der Waals surface area contributed by atoms with E-state index in [0.29, 0.717) is 6.42 Å². The molecule has 0 aliphatic rings. The first-order valence-corrected chi connectivity index (χ1v) is 8.83. The van der Waals surface area contributed by atoms with Gasteiger partial charge in [0, 0.05) is 23.3 Å². The molecule has 0 aromatic heterocycles. The molecule has 24 heavy (non-hydrogen) atoms. The van der Waals surface area contributed by atoms with Crippen molar-refractivity contribution in [2.45, 2.75) is 73.8 Å². The summed E-state index contributed by atoms with van der Waals surface area (Å²) in [5, 5.41) is 2.28. The van der Waals surface area contributed by atoms with Gasteiger partial charge in [-0.2, -0.15) is 30.7 Å². The second-order valence-corrected chi connectivity index (χ2v) is 7.31. The Morgan fingerprint density at radius 1 is 1.00 bits per heavy atom. The first kappa shape index (κ1) is 23.7. The quantitative estimate of drug-likeness (QED) is 0.181. The fourth-order valence-electron chi connectivity index (χ4n) is 1.89. The van der Waals surface area contributed by atoms with E-state index in [1.165, 1.54) is 22.6 Å². The number of nitrogens with one attached hydrogen (secondary N) is 1. The van der Waals surface area contributed by atoms with Crippen molar-refractivity contribution in [2.75, 3.05) is 6.54 Å². The summed E-state index contributed by atoms with van der Waals surface area (Å²) in [7, 11) is 0. The zero-order valence-electron chi connectivity index (χ0n) is 13.2. The molecule has 0 fully saturated rings. The molecular formula is C14H21F7INO. The summed E-state index contributed by atoms with van der Waals surface area (Å²) in [6.45, 7) is 1.64. The zero-order chi connectivity index (χ0) is 19.0. The highest BCUT2D eigenvalue weighted by atomic mass is 127. The minimum atomic E-state index is -6.32. The van der Waals surface area contributed by atoms with Crippen molar-refractivity contribution in [3.63, 3.8) is 0 Å². The monoisotopic (exact) mass is 479 g/mol. The van der Waals surface area contributed by atoms with Crippen molar-refractivity contribution in [1.29, 1.82) is 0 Å². The Labute approximate surface area is 150 Å².